The van der Waals surface area contributed by atoms with E-state index in [9.17, 15) is 4.79 Å². The number of nitrogens with one attached hydrogen (secondary N) is 1. The summed E-state index contributed by atoms with van der Waals surface area (Å²) in [6.07, 6.45) is 0. The van der Waals surface area contributed by atoms with E-state index in [0.29, 0.717) is 0 Å². The van der Waals surface area contributed by atoms with Crippen LogP contribution >= 0.6 is 0 Å². The molecule has 0 aromatic heterocycles. The Balaban J connectivity index is 2.79. The highest BCUT2D eigenvalue weighted by Gasteiger charge is 2.17. The van der Waals surface area contributed by atoms with Gasteiger partial charge in [0.1, 0.15) is 11.8 Å². The van der Waals surface area contributed by atoms with Gasteiger partial charge >= 0.3 is 0 Å². The average Bonchev–Trinajstić information content (AvgIpc) is 2.36. The number of nitrogens with two attached hydrogens (primary N) is 1. The SMILES string of the molecule is COc1ccc(N(C)C(C)C(=O)NN)cc1. The van der Waals surface area contributed by atoms with E-state index in [2.05, 4.69) is 5.43 Å². The van der Waals surface area contributed by atoms with E-state index in [-0.39, 0.29) is 11.9 Å². The Morgan fingerprint density at radius 1 is 1.44 bits per heavy atom. The van der Waals surface area contributed by atoms with Crippen molar-refractivity contribution in [3.63, 3.8) is 0 Å². The molecule has 0 radical (unpaired) electrons. The van der Waals surface area contributed by atoms with E-state index in [1.54, 1.807) is 14.0 Å². The van der Waals surface area contributed by atoms with Gasteiger partial charge in [-0.05, 0) is 31.2 Å². The third-order valence-electron chi connectivity index (χ3n) is 2.58. The molecule has 1 unspecified atom stereocenters. The Morgan fingerprint density at radius 2 is 2.00 bits per heavy atom. The molecule has 0 heterocycles. The van der Waals surface area contributed by atoms with Crippen LogP contribution in [-0.4, -0.2) is 26.1 Å². The molecule has 0 aliphatic heterocycles. The zero-order valence-corrected chi connectivity index (χ0v) is 9.73. The highest BCUT2D eigenvalue weighted by Crippen LogP contribution is 2.19. The summed E-state index contributed by atoms with van der Waals surface area (Å²) in [5, 5.41) is 0. The highest BCUT2D eigenvalue weighted by atomic mass is 16.5. The van der Waals surface area contributed by atoms with Crippen molar-refractivity contribution in [2.24, 2.45) is 5.84 Å². The van der Waals surface area contributed by atoms with Crippen molar-refractivity contribution in [1.82, 2.24) is 5.43 Å². The van der Waals surface area contributed by atoms with Gasteiger partial charge in [-0.1, -0.05) is 0 Å². The predicted octanol–water partition coefficient (Wildman–Crippen LogP) is 0.510. The summed E-state index contributed by atoms with van der Waals surface area (Å²) in [6.45, 7) is 1.78. The van der Waals surface area contributed by atoms with Crippen molar-refractivity contribution in [2.45, 2.75) is 13.0 Å². The molecule has 0 spiro atoms. The zero-order valence-electron chi connectivity index (χ0n) is 9.73. The second kappa shape index (κ2) is 5.37. The number of carbonyl (C=O) groups is 1. The van der Waals surface area contributed by atoms with E-state index in [1.807, 2.05) is 36.2 Å². The number of ether oxygens (including phenoxy) is 1. The summed E-state index contributed by atoms with van der Waals surface area (Å²) >= 11 is 0. The minimum absolute atomic E-state index is 0.224. The molecular formula is C11H17N3O2. The third-order valence-corrected chi connectivity index (χ3v) is 2.58. The van der Waals surface area contributed by atoms with Crippen LogP contribution in [0.15, 0.2) is 24.3 Å². The lowest BCUT2D eigenvalue weighted by Crippen LogP contribution is -2.46. The second-order valence-electron chi connectivity index (χ2n) is 3.49. The van der Waals surface area contributed by atoms with Crippen molar-refractivity contribution in [2.75, 3.05) is 19.1 Å². The van der Waals surface area contributed by atoms with Crippen LogP contribution in [0.5, 0.6) is 5.75 Å². The highest BCUT2D eigenvalue weighted by molar-refractivity contribution is 5.84. The normalized spacial score (nSPS) is 11.8. The Hall–Kier alpha value is -1.75. The van der Waals surface area contributed by atoms with Gasteiger partial charge in [0.05, 0.1) is 7.11 Å². The van der Waals surface area contributed by atoms with Gasteiger partial charge in [0.2, 0.25) is 0 Å². The number of hydrazine groups is 1. The van der Waals surface area contributed by atoms with Crippen molar-refractivity contribution < 1.29 is 9.53 Å². The molecule has 88 valence electrons. The van der Waals surface area contributed by atoms with Crippen LogP contribution < -0.4 is 20.9 Å². The molecule has 5 nitrogen and oxygen atoms in total. The molecule has 0 saturated carbocycles. The molecule has 5 heteroatoms. The van der Waals surface area contributed by atoms with E-state index in [4.69, 9.17) is 10.6 Å². The Bertz CT molecular complexity index is 351. The maximum atomic E-state index is 11.3. The van der Waals surface area contributed by atoms with E-state index >= 15 is 0 Å². The summed E-state index contributed by atoms with van der Waals surface area (Å²) in [5.74, 6) is 5.65. The summed E-state index contributed by atoms with van der Waals surface area (Å²) in [4.78, 5) is 13.2. The zero-order chi connectivity index (χ0) is 12.1. The third kappa shape index (κ3) is 2.64. The van der Waals surface area contributed by atoms with Gasteiger partial charge in [0, 0.05) is 12.7 Å². The van der Waals surface area contributed by atoms with Gasteiger partial charge in [-0.2, -0.15) is 0 Å². The van der Waals surface area contributed by atoms with Crippen LogP contribution in [0.4, 0.5) is 5.69 Å². The van der Waals surface area contributed by atoms with Crippen LogP contribution in [-0.2, 0) is 4.79 Å². The first-order chi connectivity index (χ1) is 7.60. The summed E-state index contributed by atoms with van der Waals surface area (Å²) in [6, 6.07) is 7.15. The molecule has 0 aliphatic rings. The van der Waals surface area contributed by atoms with Gasteiger partial charge in [0.15, 0.2) is 0 Å². The van der Waals surface area contributed by atoms with Crippen LogP contribution in [0.25, 0.3) is 0 Å². The Labute approximate surface area is 95.2 Å². The number of hydrogen-bond donors (Lipinski definition) is 2. The van der Waals surface area contributed by atoms with Gasteiger partial charge in [0.25, 0.3) is 5.91 Å². The van der Waals surface area contributed by atoms with Gasteiger partial charge in [-0.15, -0.1) is 0 Å². The van der Waals surface area contributed by atoms with Crippen LogP contribution in [0, 0.1) is 0 Å². The first kappa shape index (κ1) is 12.3. The number of amides is 1. The maximum absolute atomic E-state index is 11.3. The molecule has 0 saturated heterocycles. The number of carbonyl (C=O) groups excluding carboxylic acids is 1. The van der Waals surface area contributed by atoms with E-state index in [0.717, 1.165) is 11.4 Å². The number of benzene rings is 1. The minimum Gasteiger partial charge on any atom is -0.497 e. The summed E-state index contributed by atoms with van der Waals surface area (Å²) in [7, 11) is 3.45. The number of rotatable bonds is 4. The van der Waals surface area contributed by atoms with Gasteiger partial charge in [-0.3, -0.25) is 10.2 Å². The second-order valence-corrected chi connectivity index (χ2v) is 3.49. The average molecular weight is 223 g/mol. The van der Waals surface area contributed by atoms with Crippen LogP contribution in [0.3, 0.4) is 0 Å². The fraction of sp³-hybridized carbons (Fsp3) is 0.364. The number of nitrogens with zero attached hydrogens (tertiary/aromatic N) is 1. The lowest BCUT2D eigenvalue weighted by Gasteiger charge is -2.25. The van der Waals surface area contributed by atoms with Crippen molar-refractivity contribution in [3.05, 3.63) is 24.3 Å². The predicted molar refractivity (Wildman–Crippen MR) is 63.2 cm³/mol. The van der Waals surface area contributed by atoms with Gasteiger partial charge in [-0.25, -0.2) is 5.84 Å². The summed E-state index contributed by atoms with van der Waals surface area (Å²) < 4.78 is 5.06. The lowest BCUT2D eigenvalue weighted by molar-refractivity contribution is -0.122. The topological polar surface area (TPSA) is 67.6 Å². The molecule has 1 rings (SSSR count). The molecule has 3 N–H and O–H groups in total. The minimum atomic E-state index is -0.321. The van der Waals surface area contributed by atoms with Crippen LogP contribution in [0.1, 0.15) is 6.92 Å². The Morgan fingerprint density at radius 3 is 2.44 bits per heavy atom. The molecule has 1 aromatic rings. The standard InChI is InChI=1S/C11H17N3O2/c1-8(11(15)13-12)14(2)9-4-6-10(16-3)7-5-9/h4-8H,12H2,1-3H3,(H,13,15). The smallest absolute Gasteiger partial charge is 0.256 e. The number of hydrogen-bond acceptors (Lipinski definition) is 4. The molecule has 16 heavy (non-hydrogen) atoms. The number of methoxy groups -OCH3 is 1. The first-order valence-corrected chi connectivity index (χ1v) is 4.97. The van der Waals surface area contributed by atoms with Gasteiger partial charge < -0.3 is 9.64 Å². The van der Waals surface area contributed by atoms with Crippen LogP contribution in [0.2, 0.25) is 0 Å². The molecule has 0 bridgehead atoms. The maximum Gasteiger partial charge on any atom is 0.256 e. The molecule has 1 aromatic carbocycles. The van der Waals surface area contributed by atoms with Crippen molar-refractivity contribution in [1.29, 1.82) is 0 Å². The largest absolute Gasteiger partial charge is 0.497 e. The molecule has 1 atom stereocenters. The first-order valence-electron chi connectivity index (χ1n) is 4.97. The van der Waals surface area contributed by atoms with E-state index < -0.39 is 0 Å². The van der Waals surface area contributed by atoms with E-state index in [1.165, 1.54) is 0 Å². The Kier molecular flexibility index (Phi) is 4.13. The fourth-order valence-electron chi connectivity index (χ4n) is 1.34. The van der Waals surface area contributed by atoms with Crippen molar-refractivity contribution in [3.8, 4) is 5.75 Å². The summed E-state index contributed by atoms with van der Waals surface area (Å²) in [5.41, 5.74) is 3.06. The number of anilines is 1. The fourth-order valence-corrected chi connectivity index (χ4v) is 1.34. The quantitative estimate of drug-likeness (QED) is 0.443. The van der Waals surface area contributed by atoms with Crippen molar-refractivity contribution >= 4 is 11.6 Å². The molecule has 0 aliphatic carbocycles. The molecule has 0 fully saturated rings. The lowest BCUT2D eigenvalue weighted by atomic mass is 10.2. The molecular weight excluding hydrogens is 206 g/mol. The number of likely N-dealkylation sites (N-methyl/N-ethyl adjacent to an activating group) is 1. The monoisotopic (exact) mass is 223 g/mol. The molecule has 1 amide bonds.